The lowest BCUT2D eigenvalue weighted by molar-refractivity contribution is -0.150. The van der Waals surface area contributed by atoms with Crippen LogP contribution in [0.4, 0.5) is 5.69 Å². The van der Waals surface area contributed by atoms with E-state index in [2.05, 4.69) is 11.0 Å². The van der Waals surface area contributed by atoms with E-state index in [0.29, 0.717) is 31.5 Å². The van der Waals surface area contributed by atoms with E-state index in [4.69, 9.17) is 0 Å². The highest BCUT2D eigenvalue weighted by Gasteiger charge is 2.41. The summed E-state index contributed by atoms with van der Waals surface area (Å²) in [4.78, 5) is 13.8. The van der Waals surface area contributed by atoms with E-state index in [1.54, 1.807) is 0 Å². The molecule has 1 aromatic carbocycles. The molecule has 4 heteroatoms. The summed E-state index contributed by atoms with van der Waals surface area (Å²) in [5.74, 6) is -0.672. The molecule has 1 fully saturated rings. The second-order valence-corrected chi connectivity index (χ2v) is 5.91. The fourth-order valence-corrected chi connectivity index (χ4v) is 3.38. The summed E-state index contributed by atoms with van der Waals surface area (Å²) < 4.78 is 0. The van der Waals surface area contributed by atoms with Gasteiger partial charge >= 0.3 is 5.97 Å². The second kappa shape index (κ2) is 6.17. The van der Waals surface area contributed by atoms with Crippen LogP contribution >= 0.6 is 0 Å². The number of rotatable bonds is 4. The van der Waals surface area contributed by atoms with Crippen molar-refractivity contribution in [2.24, 2.45) is 5.41 Å². The summed E-state index contributed by atoms with van der Waals surface area (Å²) in [5.41, 5.74) is 2.14. The Balaban J connectivity index is 2.22. The number of carboxylic acid groups (broad SMARTS) is 1. The number of carboxylic acids is 1. The highest BCUT2D eigenvalue weighted by molar-refractivity contribution is 5.75. The molecular weight excluding hydrogens is 264 g/mol. The number of piperidine rings is 1. The van der Waals surface area contributed by atoms with Crippen molar-refractivity contribution in [3.05, 3.63) is 29.3 Å². The molecule has 0 spiro atoms. The molecule has 4 nitrogen and oxygen atoms in total. The molecule has 0 unspecified atom stereocenters. The fourth-order valence-electron chi connectivity index (χ4n) is 3.38. The van der Waals surface area contributed by atoms with Gasteiger partial charge in [-0.3, -0.25) is 4.79 Å². The van der Waals surface area contributed by atoms with Gasteiger partial charge < -0.3 is 10.0 Å². The lowest BCUT2D eigenvalue weighted by Crippen LogP contribution is -2.44. The van der Waals surface area contributed by atoms with Gasteiger partial charge in [-0.05, 0) is 37.8 Å². The molecule has 1 aromatic rings. The van der Waals surface area contributed by atoms with Crippen LogP contribution in [0.2, 0.25) is 0 Å². The minimum Gasteiger partial charge on any atom is -0.481 e. The smallest absolute Gasteiger partial charge is 0.309 e. The molecule has 0 aromatic heterocycles. The molecule has 21 heavy (non-hydrogen) atoms. The SMILES string of the molecule is CCCC1(C(=O)O)CCN(c2c(C)cccc2C#N)CC1. The van der Waals surface area contributed by atoms with Crippen LogP contribution in [-0.2, 0) is 4.79 Å². The normalized spacial score (nSPS) is 17.3. The van der Waals surface area contributed by atoms with E-state index < -0.39 is 11.4 Å². The highest BCUT2D eigenvalue weighted by atomic mass is 16.4. The van der Waals surface area contributed by atoms with Crippen LogP contribution in [0.15, 0.2) is 18.2 Å². The van der Waals surface area contributed by atoms with Gasteiger partial charge in [-0.25, -0.2) is 0 Å². The van der Waals surface area contributed by atoms with Crippen LogP contribution in [-0.4, -0.2) is 24.2 Å². The largest absolute Gasteiger partial charge is 0.481 e. The number of hydrogen-bond donors (Lipinski definition) is 1. The van der Waals surface area contributed by atoms with Crippen LogP contribution in [0.3, 0.4) is 0 Å². The standard InChI is InChI=1S/C17H22N2O2/c1-3-7-17(16(20)21)8-10-19(11-9-17)15-13(2)5-4-6-14(15)12-18/h4-6H,3,7-11H2,1-2H3,(H,20,21). The number of para-hydroxylation sites is 1. The predicted molar refractivity (Wildman–Crippen MR) is 82.3 cm³/mol. The molecule has 0 aliphatic carbocycles. The zero-order chi connectivity index (χ0) is 15.5. The van der Waals surface area contributed by atoms with Crippen LogP contribution in [0.5, 0.6) is 0 Å². The molecule has 112 valence electrons. The molecule has 1 aliphatic rings. The Bertz CT molecular complexity index is 567. The van der Waals surface area contributed by atoms with E-state index in [-0.39, 0.29) is 0 Å². The van der Waals surface area contributed by atoms with Gasteiger partial charge in [0.1, 0.15) is 6.07 Å². The van der Waals surface area contributed by atoms with Gasteiger partial charge in [-0.15, -0.1) is 0 Å². The Morgan fingerprint density at radius 1 is 1.43 bits per heavy atom. The first-order valence-corrected chi connectivity index (χ1v) is 7.52. The molecule has 2 rings (SSSR count). The van der Waals surface area contributed by atoms with Gasteiger partial charge in [0, 0.05) is 13.1 Å². The second-order valence-electron chi connectivity index (χ2n) is 5.91. The van der Waals surface area contributed by atoms with E-state index >= 15 is 0 Å². The minimum absolute atomic E-state index is 0.583. The van der Waals surface area contributed by atoms with Crippen molar-refractivity contribution in [2.75, 3.05) is 18.0 Å². The molecule has 0 atom stereocenters. The molecule has 1 heterocycles. The zero-order valence-electron chi connectivity index (χ0n) is 12.7. The number of aryl methyl sites for hydroxylation is 1. The number of hydrogen-bond acceptors (Lipinski definition) is 3. The Morgan fingerprint density at radius 2 is 2.10 bits per heavy atom. The maximum atomic E-state index is 11.6. The summed E-state index contributed by atoms with van der Waals surface area (Å²) in [6.45, 7) is 5.44. The Kier molecular flexibility index (Phi) is 4.52. The molecule has 1 N–H and O–H groups in total. The number of aliphatic carboxylic acids is 1. The number of carbonyl (C=O) groups is 1. The molecule has 1 aliphatic heterocycles. The van der Waals surface area contributed by atoms with E-state index in [9.17, 15) is 15.2 Å². The van der Waals surface area contributed by atoms with Gasteiger partial charge in [-0.2, -0.15) is 5.26 Å². The van der Waals surface area contributed by atoms with Crippen molar-refractivity contribution < 1.29 is 9.90 Å². The average molecular weight is 286 g/mol. The molecule has 0 bridgehead atoms. The minimum atomic E-state index is -0.672. The van der Waals surface area contributed by atoms with Crippen molar-refractivity contribution in [3.8, 4) is 6.07 Å². The Labute approximate surface area is 126 Å². The third-order valence-electron chi connectivity index (χ3n) is 4.58. The third-order valence-corrected chi connectivity index (χ3v) is 4.58. The predicted octanol–water partition coefficient (Wildman–Crippen LogP) is 3.34. The van der Waals surface area contributed by atoms with Gasteiger partial charge in [0.25, 0.3) is 0 Å². The summed E-state index contributed by atoms with van der Waals surface area (Å²) in [6, 6.07) is 7.96. The van der Waals surface area contributed by atoms with Crippen molar-refractivity contribution >= 4 is 11.7 Å². The highest BCUT2D eigenvalue weighted by Crippen LogP contribution is 2.39. The first-order valence-electron chi connectivity index (χ1n) is 7.52. The first-order chi connectivity index (χ1) is 10.0. The fraction of sp³-hybridized carbons (Fsp3) is 0.529. The quantitative estimate of drug-likeness (QED) is 0.922. The van der Waals surface area contributed by atoms with Crippen molar-refractivity contribution in [1.82, 2.24) is 0 Å². The van der Waals surface area contributed by atoms with Gasteiger partial charge in [-0.1, -0.05) is 25.5 Å². The lowest BCUT2D eigenvalue weighted by Gasteiger charge is -2.40. The summed E-state index contributed by atoms with van der Waals surface area (Å²) in [7, 11) is 0. The maximum absolute atomic E-state index is 11.6. The van der Waals surface area contributed by atoms with Crippen molar-refractivity contribution in [2.45, 2.75) is 39.5 Å². The molecule has 1 saturated heterocycles. The van der Waals surface area contributed by atoms with E-state index in [0.717, 1.165) is 24.1 Å². The van der Waals surface area contributed by atoms with Gasteiger partial charge in [0.15, 0.2) is 0 Å². The summed E-state index contributed by atoms with van der Waals surface area (Å²) >= 11 is 0. The maximum Gasteiger partial charge on any atom is 0.309 e. The van der Waals surface area contributed by atoms with Crippen LogP contribution in [0.25, 0.3) is 0 Å². The number of nitrogens with zero attached hydrogens (tertiary/aromatic N) is 2. The molecule has 0 amide bonds. The lowest BCUT2D eigenvalue weighted by atomic mass is 9.75. The van der Waals surface area contributed by atoms with Crippen LogP contribution in [0, 0.1) is 23.7 Å². The molecule has 0 radical (unpaired) electrons. The first kappa shape index (κ1) is 15.4. The molecular formula is C17H22N2O2. The number of anilines is 1. The van der Waals surface area contributed by atoms with E-state index in [1.807, 2.05) is 32.0 Å². The van der Waals surface area contributed by atoms with Gasteiger partial charge in [0.2, 0.25) is 0 Å². The number of benzene rings is 1. The van der Waals surface area contributed by atoms with Crippen molar-refractivity contribution in [3.63, 3.8) is 0 Å². The van der Waals surface area contributed by atoms with Gasteiger partial charge in [0.05, 0.1) is 16.7 Å². The summed E-state index contributed by atoms with van der Waals surface area (Å²) in [5, 5.41) is 18.8. The number of nitriles is 1. The molecule has 0 saturated carbocycles. The topological polar surface area (TPSA) is 64.3 Å². The Morgan fingerprint density at radius 3 is 2.62 bits per heavy atom. The Hall–Kier alpha value is -2.02. The summed E-state index contributed by atoms with van der Waals surface area (Å²) in [6.07, 6.45) is 2.92. The zero-order valence-corrected chi connectivity index (χ0v) is 12.7. The third kappa shape index (κ3) is 2.87. The van der Waals surface area contributed by atoms with Crippen LogP contribution in [0.1, 0.15) is 43.7 Å². The van der Waals surface area contributed by atoms with E-state index in [1.165, 1.54) is 0 Å². The van der Waals surface area contributed by atoms with Crippen molar-refractivity contribution in [1.29, 1.82) is 5.26 Å². The van der Waals surface area contributed by atoms with Crippen LogP contribution < -0.4 is 4.90 Å². The average Bonchev–Trinajstić information content (AvgIpc) is 2.48. The monoisotopic (exact) mass is 286 g/mol.